The number of carboxylic acid groups (broad SMARTS) is 1. The molecule has 0 saturated carbocycles. The summed E-state index contributed by atoms with van der Waals surface area (Å²) in [6.45, 7) is 5.05. The van der Waals surface area contributed by atoms with E-state index in [-0.39, 0.29) is 0 Å². The second kappa shape index (κ2) is 5.99. The first kappa shape index (κ1) is 15.5. The Balaban J connectivity index is 1.95. The van der Waals surface area contributed by atoms with Gasteiger partial charge in [-0.3, -0.25) is 4.79 Å². The van der Waals surface area contributed by atoms with Crippen molar-refractivity contribution in [3.05, 3.63) is 53.5 Å². The van der Waals surface area contributed by atoms with Gasteiger partial charge < -0.3 is 10.0 Å². The van der Waals surface area contributed by atoms with Crippen molar-refractivity contribution in [2.75, 3.05) is 18.0 Å². The number of rotatable bonds is 4. The normalized spacial score (nSPS) is 20.7. The standard InChI is InChI=1S/C18H21N3O2/c1-3-15-11-16(20-13(2)19-15)21-10-9-18(12-21,17(22)23)14-7-5-4-6-8-14/h4-8,11H,3,9-10,12H2,1-2H3,(H,22,23). The van der Waals surface area contributed by atoms with Gasteiger partial charge in [-0.2, -0.15) is 0 Å². The SMILES string of the molecule is CCc1cc(N2CCC(C(=O)O)(c3ccccc3)C2)nc(C)n1. The predicted octanol–water partition coefficient (Wildman–Crippen LogP) is 2.58. The largest absolute Gasteiger partial charge is 0.481 e. The first-order chi connectivity index (χ1) is 11.0. The molecule has 0 radical (unpaired) electrons. The lowest BCUT2D eigenvalue weighted by atomic mass is 9.80. The van der Waals surface area contributed by atoms with E-state index in [1.54, 1.807) is 0 Å². The smallest absolute Gasteiger partial charge is 0.316 e. The van der Waals surface area contributed by atoms with Crippen LogP contribution in [0.25, 0.3) is 0 Å². The minimum atomic E-state index is -0.869. The number of aromatic nitrogens is 2. The number of carbonyl (C=O) groups is 1. The molecule has 1 aliphatic heterocycles. The lowest BCUT2D eigenvalue weighted by molar-refractivity contribution is -0.143. The number of hydrogen-bond acceptors (Lipinski definition) is 4. The van der Waals surface area contributed by atoms with Crippen molar-refractivity contribution in [2.45, 2.75) is 32.1 Å². The zero-order valence-electron chi connectivity index (χ0n) is 13.5. The van der Waals surface area contributed by atoms with Crippen LogP contribution in [0.4, 0.5) is 5.82 Å². The lowest BCUT2D eigenvalue weighted by Gasteiger charge is -2.26. The number of benzene rings is 1. The molecule has 120 valence electrons. The third-order valence-electron chi connectivity index (χ3n) is 4.57. The van der Waals surface area contributed by atoms with E-state index in [0.29, 0.717) is 19.5 Å². The number of nitrogens with zero attached hydrogens (tertiary/aromatic N) is 3. The Morgan fingerprint density at radius 1 is 1.30 bits per heavy atom. The zero-order chi connectivity index (χ0) is 16.4. The summed E-state index contributed by atoms with van der Waals surface area (Å²) in [5.74, 6) is 0.785. The third kappa shape index (κ3) is 2.79. The summed E-state index contributed by atoms with van der Waals surface area (Å²) < 4.78 is 0. The first-order valence-corrected chi connectivity index (χ1v) is 7.93. The van der Waals surface area contributed by atoms with Gasteiger partial charge in [0.05, 0.1) is 0 Å². The van der Waals surface area contributed by atoms with Crippen LogP contribution in [0.15, 0.2) is 36.4 Å². The van der Waals surface area contributed by atoms with Crippen LogP contribution < -0.4 is 4.90 Å². The van der Waals surface area contributed by atoms with Crippen molar-refractivity contribution < 1.29 is 9.90 Å². The highest BCUT2D eigenvalue weighted by Gasteiger charge is 2.46. The van der Waals surface area contributed by atoms with Crippen LogP contribution in [-0.4, -0.2) is 34.1 Å². The van der Waals surface area contributed by atoms with E-state index in [9.17, 15) is 9.90 Å². The predicted molar refractivity (Wildman–Crippen MR) is 88.7 cm³/mol. The third-order valence-corrected chi connectivity index (χ3v) is 4.57. The molecule has 1 fully saturated rings. The molecule has 0 aliphatic carbocycles. The quantitative estimate of drug-likeness (QED) is 0.940. The van der Waals surface area contributed by atoms with Crippen LogP contribution in [0.3, 0.4) is 0 Å². The number of aliphatic carboxylic acids is 1. The van der Waals surface area contributed by atoms with Crippen LogP contribution in [0.5, 0.6) is 0 Å². The fraction of sp³-hybridized carbons (Fsp3) is 0.389. The van der Waals surface area contributed by atoms with Crippen LogP contribution in [0.1, 0.15) is 30.4 Å². The Bertz CT molecular complexity index is 717. The minimum Gasteiger partial charge on any atom is -0.481 e. The van der Waals surface area contributed by atoms with Crippen molar-refractivity contribution in [3.8, 4) is 0 Å². The number of hydrogen-bond donors (Lipinski definition) is 1. The molecule has 0 spiro atoms. The van der Waals surface area contributed by atoms with Crippen molar-refractivity contribution in [3.63, 3.8) is 0 Å². The molecule has 1 aromatic heterocycles. The van der Waals surface area contributed by atoms with Gasteiger partial charge in [0.25, 0.3) is 0 Å². The van der Waals surface area contributed by atoms with Gasteiger partial charge in [0.15, 0.2) is 0 Å². The monoisotopic (exact) mass is 311 g/mol. The minimum absolute atomic E-state index is 0.436. The molecule has 1 atom stereocenters. The summed E-state index contributed by atoms with van der Waals surface area (Å²) in [6.07, 6.45) is 1.42. The number of aryl methyl sites for hydroxylation is 2. The topological polar surface area (TPSA) is 66.3 Å². The van der Waals surface area contributed by atoms with E-state index >= 15 is 0 Å². The van der Waals surface area contributed by atoms with E-state index in [1.807, 2.05) is 43.3 Å². The Hall–Kier alpha value is -2.43. The summed E-state index contributed by atoms with van der Waals surface area (Å²) in [7, 11) is 0. The average Bonchev–Trinajstić information content (AvgIpc) is 3.02. The van der Waals surface area contributed by atoms with Crippen molar-refractivity contribution in [1.82, 2.24) is 9.97 Å². The maximum atomic E-state index is 12.0. The van der Waals surface area contributed by atoms with E-state index in [0.717, 1.165) is 29.3 Å². The fourth-order valence-electron chi connectivity index (χ4n) is 3.25. The highest BCUT2D eigenvalue weighted by atomic mass is 16.4. The molecule has 0 amide bonds. The molecule has 1 aliphatic rings. The summed E-state index contributed by atoms with van der Waals surface area (Å²) >= 11 is 0. The van der Waals surface area contributed by atoms with Gasteiger partial charge in [-0.05, 0) is 25.3 Å². The highest BCUT2D eigenvalue weighted by molar-refractivity contribution is 5.83. The zero-order valence-corrected chi connectivity index (χ0v) is 13.5. The summed E-state index contributed by atoms with van der Waals surface area (Å²) in [6, 6.07) is 11.5. The molecule has 2 aromatic rings. The highest BCUT2D eigenvalue weighted by Crippen LogP contribution is 2.36. The molecule has 1 unspecified atom stereocenters. The van der Waals surface area contributed by atoms with Gasteiger partial charge in [0.1, 0.15) is 17.1 Å². The Morgan fingerprint density at radius 3 is 2.70 bits per heavy atom. The van der Waals surface area contributed by atoms with Gasteiger partial charge in [-0.25, -0.2) is 9.97 Å². The molecule has 3 rings (SSSR count). The van der Waals surface area contributed by atoms with Gasteiger partial charge in [-0.15, -0.1) is 0 Å². The van der Waals surface area contributed by atoms with Gasteiger partial charge in [0, 0.05) is 24.8 Å². The van der Waals surface area contributed by atoms with E-state index < -0.39 is 11.4 Å². The Labute approximate surface area is 136 Å². The van der Waals surface area contributed by atoms with Crippen molar-refractivity contribution in [2.24, 2.45) is 0 Å². The summed E-state index contributed by atoms with van der Waals surface area (Å²) in [5, 5.41) is 9.88. The van der Waals surface area contributed by atoms with E-state index in [1.165, 1.54) is 0 Å². The van der Waals surface area contributed by atoms with Crippen LogP contribution in [0.2, 0.25) is 0 Å². The van der Waals surface area contributed by atoms with E-state index in [2.05, 4.69) is 21.8 Å². The molecule has 0 bridgehead atoms. The summed E-state index contributed by atoms with van der Waals surface area (Å²) in [5.41, 5.74) is 0.975. The Morgan fingerprint density at radius 2 is 2.04 bits per heavy atom. The maximum absolute atomic E-state index is 12.0. The fourth-order valence-corrected chi connectivity index (χ4v) is 3.25. The molecule has 5 nitrogen and oxygen atoms in total. The number of carboxylic acids is 1. The van der Waals surface area contributed by atoms with Crippen molar-refractivity contribution >= 4 is 11.8 Å². The van der Waals surface area contributed by atoms with Crippen molar-refractivity contribution in [1.29, 1.82) is 0 Å². The maximum Gasteiger partial charge on any atom is 0.316 e. The molecular formula is C18H21N3O2. The molecule has 1 saturated heterocycles. The van der Waals surface area contributed by atoms with Gasteiger partial charge >= 0.3 is 5.97 Å². The van der Waals surface area contributed by atoms with Gasteiger partial charge in [0.2, 0.25) is 0 Å². The molecule has 1 N–H and O–H groups in total. The van der Waals surface area contributed by atoms with Crippen LogP contribution in [0, 0.1) is 6.92 Å². The van der Waals surface area contributed by atoms with E-state index in [4.69, 9.17) is 0 Å². The molecule has 5 heteroatoms. The number of anilines is 1. The molecule has 23 heavy (non-hydrogen) atoms. The van der Waals surface area contributed by atoms with Crippen LogP contribution in [-0.2, 0) is 16.6 Å². The molecular weight excluding hydrogens is 290 g/mol. The van der Waals surface area contributed by atoms with Gasteiger partial charge in [-0.1, -0.05) is 37.3 Å². The first-order valence-electron chi connectivity index (χ1n) is 7.93. The second-order valence-electron chi connectivity index (χ2n) is 6.04. The summed E-state index contributed by atoms with van der Waals surface area (Å²) in [4.78, 5) is 23.0. The second-order valence-corrected chi connectivity index (χ2v) is 6.04. The molecule has 2 heterocycles. The Kier molecular flexibility index (Phi) is 4.03. The average molecular weight is 311 g/mol. The molecule has 1 aromatic carbocycles. The van der Waals surface area contributed by atoms with Crippen LogP contribution >= 0.6 is 0 Å². The lowest BCUT2D eigenvalue weighted by Crippen LogP contribution is -2.39.